The second kappa shape index (κ2) is 11.1. The van der Waals surface area contributed by atoms with Crippen molar-refractivity contribution in [3.8, 4) is 0 Å². The Morgan fingerprint density at radius 1 is 1.04 bits per heavy atom. The third-order valence-electron chi connectivity index (χ3n) is 5.13. The zero-order chi connectivity index (χ0) is 17.5. The van der Waals surface area contributed by atoms with Gasteiger partial charge in [-0.25, -0.2) is 0 Å². The van der Waals surface area contributed by atoms with E-state index < -0.39 is 0 Å². The average molecular weight is 473 g/mol. The molecule has 2 aliphatic rings. The number of guanidine groups is 1. The number of ether oxygens (including phenoxy) is 2. The molecule has 2 heterocycles. The first-order valence-corrected chi connectivity index (χ1v) is 9.50. The lowest BCUT2D eigenvalue weighted by Crippen LogP contribution is -2.44. The molecule has 0 spiro atoms. The predicted molar refractivity (Wildman–Crippen MR) is 116 cm³/mol. The second-order valence-corrected chi connectivity index (χ2v) is 7.07. The second-order valence-electron chi connectivity index (χ2n) is 7.07. The Morgan fingerprint density at radius 2 is 1.73 bits per heavy atom. The van der Waals surface area contributed by atoms with Gasteiger partial charge in [0.25, 0.3) is 0 Å². The summed E-state index contributed by atoms with van der Waals surface area (Å²) in [6.07, 6.45) is 5.08. The molecular formula is C20H32IN3O2. The summed E-state index contributed by atoms with van der Waals surface area (Å²) in [6.45, 7) is 5.54. The molecule has 0 amide bonds. The monoisotopic (exact) mass is 473 g/mol. The van der Waals surface area contributed by atoms with Gasteiger partial charge in [0.2, 0.25) is 0 Å². The topological polar surface area (TPSA) is 54.9 Å². The van der Waals surface area contributed by atoms with Crippen LogP contribution in [-0.2, 0) is 9.47 Å². The molecule has 1 aromatic carbocycles. The van der Waals surface area contributed by atoms with Crippen LogP contribution in [0.15, 0.2) is 29.3 Å². The van der Waals surface area contributed by atoms with Crippen molar-refractivity contribution in [1.29, 1.82) is 0 Å². The minimum Gasteiger partial charge on any atom is -0.376 e. The number of hydrogen-bond donors (Lipinski definition) is 2. The molecule has 2 N–H and O–H groups in total. The summed E-state index contributed by atoms with van der Waals surface area (Å²) in [5.74, 6) is 1.31. The first-order valence-electron chi connectivity index (χ1n) is 9.50. The van der Waals surface area contributed by atoms with E-state index in [-0.39, 0.29) is 30.1 Å². The maximum atomic E-state index is 6.10. The SMILES string of the molecule is CN=C(NCC1CCCO1)NCC1CCCOC1c1ccc(C)cc1.I. The highest BCUT2D eigenvalue weighted by Gasteiger charge is 2.27. The van der Waals surface area contributed by atoms with Crippen molar-refractivity contribution in [1.82, 2.24) is 10.6 Å². The lowest BCUT2D eigenvalue weighted by molar-refractivity contribution is -0.0265. The van der Waals surface area contributed by atoms with Gasteiger partial charge in [-0.3, -0.25) is 4.99 Å². The van der Waals surface area contributed by atoms with Crippen LogP contribution in [0.25, 0.3) is 0 Å². The van der Waals surface area contributed by atoms with E-state index in [1.54, 1.807) is 0 Å². The molecule has 0 saturated carbocycles. The minimum absolute atomic E-state index is 0. The molecule has 2 saturated heterocycles. The molecular weight excluding hydrogens is 441 g/mol. The standard InChI is InChI=1S/C20H31N3O2.HI/c1-15-7-9-16(10-8-15)19-17(5-3-12-25-19)13-22-20(21-2)23-14-18-6-4-11-24-18;/h7-10,17-19H,3-6,11-14H2,1-2H3,(H2,21,22,23);1H. The Labute approximate surface area is 174 Å². The van der Waals surface area contributed by atoms with Crippen molar-refractivity contribution in [2.45, 2.75) is 44.8 Å². The van der Waals surface area contributed by atoms with Gasteiger partial charge in [-0.05, 0) is 38.2 Å². The van der Waals surface area contributed by atoms with Crippen molar-refractivity contribution in [3.63, 3.8) is 0 Å². The summed E-state index contributed by atoms with van der Waals surface area (Å²) in [7, 11) is 1.82. The molecule has 1 aromatic rings. The summed E-state index contributed by atoms with van der Waals surface area (Å²) in [5, 5.41) is 6.86. The van der Waals surface area contributed by atoms with Crippen molar-refractivity contribution < 1.29 is 9.47 Å². The van der Waals surface area contributed by atoms with Crippen LogP contribution in [0.5, 0.6) is 0 Å². The highest BCUT2D eigenvalue weighted by molar-refractivity contribution is 14.0. The Bertz CT molecular complexity index is 559. The largest absolute Gasteiger partial charge is 0.376 e. The van der Waals surface area contributed by atoms with Crippen molar-refractivity contribution in [2.75, 3.05) is 33.4 Å². The molecule has 0 aliphatic carbocycles. The van der Waals surface area contributed by atoms with E-state index in [9.17, 15) is 0 Å². The van der Waals surface area contributed by atoms with E-state index in [4.69, 9.17) is 9.47 Å². The van der Waals surface area contributed by atoms with E-state index in [0.717, 1.165) is 51.5 Å². The van der Waals surface area contributed by atoms with E-state index in [0.29, 0.717) is 12.0 Å². The summed E-state index contributed by atoms with van der Waals surface area (Å²) >= 11 is 0. The number of aryl methyl sites for hydroxylation is 1. The Balaban J connectivity index is 0.00000243. The minimum atomic E-state index is 0. The number of benzene rings is 1. The van der Waals surface area contributed by atoms with Gasteiger partial charge < -0.3 is 20.1 Å². The zero-order valence-electron chi connectivity index (χ0n) is 15.9. The molecule has 0 radical (unpaired) electrons. The first kappa shape index (κ1) is 21.4. The van der Waals surface area contributed by atoms with E-state index in [1.165, 1.54) is 17.5 Å². The fourth-order valence-electron chi connectivity index (χ4n) is 3.64. The van der Waals surface area contributed by atoms with Crippen LogP contribution in [0, 0.1) is 12.8 Å². The fraction of sp³-hybridized carbons (Fsp3) is 0.650. The lowest BCUT2D eigenvalue weighted by Gasteiger charge is -2.32. The summed E-state index contributed by atoms with van der Waals surface area (Å²) in [6, 6.07) is 8.73. The maximum Gasteiger partial charge on any atom is 0.191 e. The third-order valence-corrected chi connectivity index (χ3v) is 5.13. The van der Waals surface area contributed by atoms with Gasteiger partial charge in [-0.2, -0.15) is 0 Å². The predicted octanol–water partition coefficient (Wildman–Crippen LogP) is 3.42. The van der Waals surface area contributed by atoms with Crippen molar-refractivity contribution in [3.05, 3.63) is 35.4 Å². The van der Waals surface area contributed by atoms with Gasteiger partial charge in [0.05, 0.1) is 12.2 Å². The Morgan fingerprint density at radius 3 is 2.42 bits per heavy atom. The van der Waals surface area contributed by atoms with Crippen LogP contribution in [0.1, 0.15) is 42.9 Å². The third kappa shape index (κ3) is 6.09. The average Bonchev–Trinajstić information content (AvgIpc) is 3.16. The fourth-order valence-corrected chi connectivity index (χ4v) is 3.64. The number of nitrogens with one attached hydrogen (secondary N) is 2. The van der Waals surface area contributed by atoms with Crippen molar-refractivity contribution >= 4 is 29.9 Å². The zero-order valence-corrected chi connectivity index (χ0v) is 18.2. The molecule has 6 heteroatoms. The van der Waals surface area contributed by atoms with Gasteiger partial charge in [-0.15, -0.1) is 24.0 Å². The van der Waals surface area contributed by atoms with E-state index in [2.05, 4.69) is 46.8 Å². The van der Waals surface area contributed by atoms with Gasteiger partial charge >= 0.3 is 0 Å². The number of hydrogen-bond acceptors (Lipinski definition) is 3. The van der Waals surface area contributed by atoms with Gasteiger partial charge in [0.15, 0.2) is 5.96 Å². The first-order chi connectivity index (χ1) is 12.3. The Hall–Kier alpha value is -0.860. The molecule has 146 valence electrons. The van der Waals surface area contributed by atoms with Crippen LogP contribution in [0.3, 0.4) is 0 Å². The number of aliphatic imine (C=N–C) groups is 1. The normalized spacial score (nSPS) is 26.2. The lowest BCUT2D eigenvalue weighted by atomic mass is 9.89. The molecule has 0 bridgehead atoms. The molecule has 26 heavy (non-hydrogen) atoms. The molecule has 2 fully saturated rings. The molecule has 3 unspecified atom stereocenters. The highest BCUT2D eigenvalue weighted by Crippen LogP contribution is 2.33. The van der Waals surface area contributed by atoms with Gasteiger partial charge in [0, 0.05) is 39.3 Å². The van der Waals surface area contributed by atoms with Gasteiger partial charge in [0.1, 0.15) is 0 Å². The molecule has 5 nitrogen and oxygen atoms in total. The number of halogens is 1. The number of rotatable bonds is 5. The van der Waals surface area contributed by atoms with Gasteiger partial charge in [-0.1, -0.05) is 29.8 Å². The highest BCUT2D eigenvalue weighted by atomic mass is 127. The van der Waals surface area contributed by atoms with Crippen LogP contribution in [0.2, 0.25) is 0 Å². The van der Waals surface area contributed by atoms with Crippen LogP contribution >= 0.6 is 24.0 Å². The quantitative estimate of drug-likeness (QED) is 0.391. The molecule has 3 rings (SSSR count). The summed E-state index contributed by atoms with van der Waals surface area (Å²) < 4.78 is 11.8. The van der Waals surface area contributed by atoms with E-state index in [1.807, 2.05) is 7.05 Å². The molecule has 3 atom stereocenters. The van der Waals surface area contributed by atoms with E-state index >= 15 is 0 Å². The molecule has 0 aromatic heterocycles. The summed E-state index contributed by atoms with van der Waals surface area (Å²) in [4.78, 5) is 4.34. The summed E-state index contributed by atoms with van der Waals surface area (Å²) in [5.41, 5.74) is 2.56. The van der Waals surface area contributed by atoms with Crippen molar-refractivity contribution in [2.24, 2.45) is 10.9 Å². The molecule has 2 aliphatic heterocycles. The smallest absolute Gasteiger partial charge is 0.191 e. The van der Waals surface area contributed by atoms with Crippen LogP contribution in [-0.4, -0.2) is 45.4 Å². The van der Waals surface area contributed by atoms with Crippen LogP contribution < -0.4 is 10.6 Å². The Kier molecular flexibility index (Phi) is 9.15. The number of nitrogens with zero attached hydrogens (tertiary/aromatic N) is 1. The maximum absolute atomic E-state index is 6.10. The van der Waals surface area contributed by atoms with Crippen LogP contribution in [0.4, 0.5) is 0 Å².